The molecule has 1 aliphatic heterocycles. The lowest BCUT2D eigenvalue weighted by Crippen LogP contribution is -2.37. The molecule has 0 saturated carbocycles. The SMILES string of the molecule is COC(=O)c1ccc(C(=O)OC)c(S(=O)(=O)NC2CCNC2)c1. The zero-order valence-electron chi connectivity index (χ0n) is 12.8. The maximum absolute atomic E-state index is 12.6. The lowest BCUT2D eigenvalue weighted by molar-refractivity contribution is 0.0583. The molecule has 1 aliphatic rings. The number of methoxy groups -OCH3 is 2. The molecule has 8 nitrogen and oxygen atoms in total. The molecule has 1 fully saturated rings. The molecule has 9 heteroatoms. The summed E-state index contributed by atoms with van der Waals surface area (Å²) in [5.41, 5.74) is -0.108. The molecule has 0 spiro atoms. The van der Waals surface area contributed by atoms with Crippen LogP contribution in [0, 0.1) is 0 Å². The predicted octanol–water partition coefficient (Wildman–Crippen LogP) is -0.1000. The molecule has 0 aromatic heterocycles. The van der Waals surface area contributed by atoms with E-state index >= 15 is 0 Å². The number of benzene rings is 1. The summed E-state index contributed by atoms with van der Waals surface area (Å²) >= 11 is 0. The van der Waals surface area contributed by atoms with E-state index in [1.807, 2.05) is 0 Å². The highest BCUT2D eigenvalue weighted by molar-refractivity contribution is 7.89. The highest BCUT2D eigenvalue weighted by Crippen LogP contribution is 2.20. The molecule has 0 amide bonds. The Hall–Kier alpha value is -1.97. The molecule has 0 radical (unpaired) electrons. The maximum Gasteiger partial charge on any atom is 0.339 e. The van der Waals surface area contributed by atoms with Crippen LogP contribution in [-0.4, -0.2) is 53.7 Å². The fourth-order valence-corrected chi connectivity index (χ4v) is 3.80. The van der Waals surface area contributed by atoms with Crippen molar-refractivity contribution in [2.45, 2.75) is 17.4 Å². The molecule has 1 saturated heterocycles. The quantitative estimate of drug-likeness (QED) is 0.719. The number of rotatable bonds is 5. The summed E-state index contributed by atoms with van der Waals surface area (Å²) in [7, 11) is -1.65. The van der Waals surface area contributed by atoms with E-state index < -0.39 is 22.0 Å². The van der Waals surface area contributed by atoms with Crippen molar-refractivity contribution in [3.63, 3.8) is 0 Å². The number of esters is 2. The normalized spacial score (nSPS) is 17.7. The van der Waals surface area contributed by atoms with Gasteiger partial charge in [0.05, 0.1) is 30.2 Å². The van der Waals surface area contributed by atoms with Gasteiger partial charge in [-0.15, -0.1) is 0 Å². The summed E-state index contributed by atoms with van der Waals surface area (Å²) in [5.74, 6) is -1.49. The first-order valence-electron chi connectivity index (χ1n) is 6.92. The zero-order chi connectivity index (χ0) is 17.0. The van der Waals surface area contributed by atoms with Crippen LogP contribution in [0.15, 0.2) is 23.1 Å². The molecule has 0 bridgehead atoms. The molecule has 1 aromatic carbocycles. The topological polar surface area (TPSA) is 111 Å². The third kappa shape index (κ3) is 3.87. The molecule has 1 heterocycles. The third-order valence-electron chi connectivity index (χ3n) is 3.48. The minimum absolute atomic E-state index is 0.0325. The summed E-state index contributed by atoms with van der Waals surface area (Å²) in [6, 6.07) is 3.39. The molecule has 1 atom stereocenters. The smallest absolute Gasteiger partial charge is 0.339 e. The van der Waals surface area contributed by atoms with Crippen molar-refractivity contribution in [1.82, 2.24) is 10.0 Å². The Labute approximate surface area is 134 Å². The van der Waals surface area contributed by atoms with E-state index in [9.17, 15) is 18.0 Å². The minimum atomic E-state index is -3.99. The lowest BCUT2D eigenvalue weighted by Gasteiger charge is -2.15. The Balaban J connectivity index is 2.46. The van der Waals surface area contributed by atoms with E-state index in [2.05, 4.69) is 19.5 Å². The molecule has 1 aromatic rings. The first-order chi connectivity index (χ1) is 10.9. The van der Waals surface area contributed by atoms with Crippen LogP contribution in [0.3, 0.4) is 0 Å². The van der Waals surface area contributed by atoms with Crippen molar-refractivity contribution in [3.05, 3.63) is 29.3 Å². The number of hydrogen-bond donors (Lipinski definition) is 2. The molecule has 2 N–H and O–H groups in total. The monoisotopic (exact) mass is 342 g/mol. The van der Waals surface area contributed by atoms with E-state index in [0.717, 1.165) is 13.2 Å². The number of carbonyl (C=O) groups is 2. The van der Waals surface area contributed by atoms with Crippen molar-refractivity contribution in [1.29, 1.82) is 0 Å². The van der Waals surface area contributed by atoms with Gasteiger partial charge in [0.2, 0.25) is 10.0 Å². The van der Waals surface area contributed by atoms with Crippen LogP contribution in [-0.2, 0) is 19.5 Å². The zero-order valence-corrected chi connectivity index (χ0v) is 13.6. The van der Waals surface area contributed by atoms with Gasteiger partial charge in [-0.2, -0.15) is 0 Å². The minimum Gasteiger partial charge on any atom is -0.465 e. The second-order valence-electron chi connectivity index (χ2n) is 5.01. The van der Waals surface area contributed by atoms with Crippen LogP contribution >= 0.6 is 0 Å². The summed E-state index contributed by atoms with van der Waals surface area (Å²) < 4.78 is 36.9. The second-order valence-corrected chi connectivity index (χ2v) is 6.69. The fourth-order valence-electron chi connectivity index (χ4n) is 2.31. The van der Waals surface area contributed by atoms with Crippen LogP contribution in [0.1, 0.15) is 27.1 Å². The molecule has 1 unspecified atom stereocenters. The maximum atomic E-state index is 12.6. The highest BCUT2D eigenvalue weighted by Gasteiger charge is 2.28. The second kappa shape index (κ2) is 7.07. The molecule has 0 aliphatic carbocycles. The Bertz CT molecular complexity index is 710. The van der Waals surface area contributed by atoms with Gasteiger partial charge in [-0.05, 0) is 31.2 Å². The Morgan fingerprint density at radius 1 is 1.22 bits per heavy atom. The van der Waals surface area contributed by atoms with E-state index in [4.69, 9.17) is 0 Å². The Morgan fingerprint density at radius 2 is 1.91 bits per heavy atom. The average Bonchev–Trinajstić information content (AvgIpc) is 3.04. The molecule has 126 valence electrons. The van der Waals surface area contributed by atoms with Crippen molar-refractivity contribution in [2.24, 2.45) is 0 Å². The number of carbonyl (C=O) groups excluding carboxylic acids is 2. The fraction of sp³-hybridized carbons (Fsp3) is 0.429. The van der Waals surface area contributed by atoms with Crippen molar-refractivity contribution >= 4 is 22.0 Å². The van der Waals surface area contributed by atoms with E-state index in [1.54, 1.807) is 0 Å². The largest absolute Gasteiger partial charge is 0.465 e. The van der Waals surface area contributed by atoms with Gasteiger partial charge in [0.15, 0.2) is 0 Å². The lowest BCUT2D eigenvalue weighted by atomic mass is 10.1. The third-order valence-corrected chi connectivity index (χ3v) is 5.04. The summed E-state index contributed by atoms with van der Waals surface area (Å²) in [5, 5.41) is 3.04. The summed E-state index contributed by atoms with van der Waals surface area (Å²) in [4.78, 5) is 23.1. The van der Waals surface area contributed by atoms with Crippen molar-refractivity contribution in [3.8, 4) is 0 Å². The van der Waals surface area contributed by atoms with Crippen LogP contribution < -0.4 is 10.0 Å². The summed E-state index contributed by atoms with van der Waals surface area (Å²) in [6.45, 7) is 1.21. The van der Waals surface area contributed by atoms with Gasteiger partial charge in [0.1, 0.15) is 0 Å². The van der Waals surface area contributed by atoms with Gasteiger partial charge in [-0.1, -0.05) is 0 Å². The number of sulfonamides is 1. The van der Waals surface area contributed by atoms with E-state index in [-0.39, 0.29) is 22.1 Å². The van der Waals surface area contributed by atoms with Crippen molar-refractivity contribution < 1.29 is 27.5 Å². The van der Waals surface area contributed by atoms with Gasteiger partial charge in [0.25, 0.3) is 0 Å². The van der Waals surface area contributed by atoms with Gasteiger partial charge in [0, 0.05) is 12.6 Å². The predicted molar refractivity (Wildman–Crippen MR) is 80.7 cm³/mol. The van der Waals surface area contributed by atoms with E-state index in [0.29, 0.717) is 19.5 Å². The van der Waals surface area contributed by atoms with Gasteiger partial charge in [-0.25, -0.2) is 22.7 Å². The van der Waals surface area contributed by atoms with Crippen LogP contribution in [0.25, 0.3) is 0 Å². The molecule has 2 rings (SSSR count). The number of nitrogens with one attached hydrogen (secondary N) is 2. The van der Waals surface area contributed by atoms with Crippen LogP contribution in [0.2, 0.25) is 0 Å². The average molecular weight is 342 g/mol. The van der Waals surface area contributed by atoms with Gasteiger partial charge < -0.3 is 14.8 Å². The number of ether oxygens (including phenoxy) is 2. The van der Waals surface area contributed by atoms with Crippen LogP contribution in [0.5, 0.6) is 0 Å². The van der Waals surface area contributed by atoms with Gasteiger partial charge in [-0.3, -0.25) is 0 Å². The highest BCUT2D eigenvalue weighted by atomic mass is 32.2. The first-order valence-corrected chi connectivity index (χ1v) is 8.41. The molecule has 23 heavy (non-hydrogen) atoms. The summed E-state index contributed by atoms with van der Waals surface area (Å²) in [6.07, 6.45) is 0.642. The molecular weight excluding hydrogens is 324 g/mol. The Morgan fingerprint density at radius 3 is 2.48 bits per heavy atom. The van der Waals surface area contributed by atoms with Crippen LogP contribution in [0.4, 0.5) is 0 Å². The number of hydrogen-bond acceptors (Lipinski definition) is 7. The first kappa shape index (κ1) is 17.4. The standard InChI is InChI=1S/C14H18N2O6S/c1-21-13(17)9-3-4-11(14(18)22-2)12(7-9)23(19,20)16-10-5-6-15-8-10/h3-4,7,10,15-16H,5-6,8H2,1-2H3. The molecular formula is C14H18N2O6S. The van der Waals surface area contributed by atoms with Crippen molar-refractivity contribution in [2.75, 3.05) is 27.3 Å². The van der Waals surface area contributed by atoms with E-state index in [1.165, 1.54) is 19.2 Å². The van der Waals surface area contributed by atoms with Gasteiger partial charge >= 0.3 is 11.9 Å². The Kier molecular flexibility index (Phi) is 5.34.